The van der Waals surface area contributed by atoms with Gasteiger partial charge < -0.3 is 10.6 Å². The molecule has 1 heterocycles. The molecule has 1 aromatic carbocycles. The Balaban J connectivity index is 2.27. The standard InChI is InChI=1S/C16H22N4O/c1-4-13-14(17)15(19(3)18-13)16(21)20(5-2)11-12-9-7-6-8-10-12/h6-10H,4-5,11,17H2,1-3H3. The molecule has 0 radical (unpaired) electrons. The maximum atomic E-state index is 12.7. The van der Waals surface area contributed by atoms with E-state index in [4.69, 9.17) is 5.73 Å². The predicted octanol–water partition coefficient (Wildman–Crippen LogP) is 2.23. The molecule has 0 atom stereocenters. The van der Waals surface area contributed by atoms with E-state index in [1.54, 1.807) is 16.6 Å². The molecule has 0 unspecified atom stereocenters. The van der Waals surface area contributed by atoms with Crippen molar-refractivity contribution in [2.45, 2.75) is 26.8 Å². The number of aryl methyl sites for hydroxylation is 2. The minimum Gasteiger partial charge on any atom is -0.395 e. The van der Waals surface area contributed by atoms with E-state index in [-0.39, 0.29) is 5.91 Å². The van der Waals surface area contributed by atoms with E-state index < -0.39 is 0 Å². The van der Waals surface area contributed by atoms with Crippen LogP contribution in [0.4, 0.5) is 5.69 Å². The van der Waals surface area contributed by atoms with Gasteiger partial charge >= 0.3 is 0 Å². The Labute approximate surface area is 125 Å². The van der Waals surface area contributed by atoms with Gasteiger partial charge in [0.2, 0.25) is 0 Å². The first kappa shape index (κ1) is 15.1. The summed E-state index contributed by atoms with van der Waals surface area (Å²) in [6.45, 7) is 5.14. The summed E-state index contributed by atoms with van der Waals surface area (Å²) in [4.78, 5) is 14.5. The average molecular weight is 286 g/mol. The number of nitrogen functional groups attached to an aromatic ring is 1. The molecule has 1 amide bonds. The van der Waals surface area contributed by atoms with Crippen LogP contribution in [0.15, 0.2) is 30.3 Å². The number of aromatic nitrogens is 2. The lowest BCUT2D eigenvalue weighted by molar-refractivity contribution is 0.0742. The number of amides is 1. The number of carbonyl (C=O) groups is 1. The second kappa shape index (κ2) is 6.43. The van der Waals surface area contributed by atoms with Gasteiger partial charge in [-0.15, -0.1) is 0 Å². The van der Waals surface area contributed by atoms with Crippen LogP contribution in [0.3, 0.4) is 0 Å². The van der Waals surface area contributed by atoms with E-state index in [2.05, 4.69) is 5.10 Å². The summed E-state index contributed by atoms with van der Waals surface area (Å²) in [5.41, 5.74) is 8.92. The van der Waals surface area contributed by atoms with Crippen molar-refractivity contribution in [2.24, 2.45) is 7.05 Å². The fourth-order valence-corrected chi connectivity index (χ4v) is 2.39. The van der Waals surface area contributed by atoms with Crippen LogP contribution in [0.2, 0.25) is 0 Å². The summed E-state index contributed by atoms with van der Waals surface area (Å²) in [6, 6.07) is 9.94. The van der Waals surface area contributed by atoms with Gasteiger partial charge in [-0.2, -0.15) is 5.10 Å². The Kier molecular flexibility index (Phi) is 4.62. The summed E-state index contributed by atoms with van der Waals surface area (Å²) in [6.07, 6.45) is 0.720. The van der Waals surface area contributed by atoms with E-state index >= 15 is 0 Å². The fourth-order valence-electron chi connectivity index (χ4n) is 2.39. The molecule has 2 aromatic rings. The lowest BCUT2D eigenvalue weighted by Gasteiger charge is -2.21. The average Bonchev–Trinajstić information content (AvgIpc) is 2.79. The van der Waals surface area contributed by atoms with Gasteiger partial charge in [0.05, 0.1) is 11.4 Å². The molecular weight excluding hydrogens is 264 g/mol. The van der Waals surface area contributed by atoms with Crippen LogP contribution in [0.25, 0.3) is 0 Å². The number of nitrogens with zero attached hydrogens (tertiary/aromatic N) is 3. The first-order chi connectivity index (χ1) is 10.1. The number of carbonyl (C=O) groups excluding carboxylic acids is 1. The molecule has 2 N–H and O–H groups in total. The van der Waals surface area contributed by atoms with E-state index in [1.807, 2.05) is 44.2 Å². The van der Waals surface area contributed by atoms with E-state index in [0.717, 1.165) is 17.7 Å². The first-order valence-corrected chi connectivity index (χ1v) is 7.23. The Morgan fingerprint density at radius 3 is 2.48 bits per heavy atom. The quantitative estimate of drug-likeness (QED) is 0.916. The minimum absolute atomic E-state index is 0.0754. The molecule has 0 aliphatic rings. The molecule has 5 nitrogen and oxygen atoms in total. The Hall–Kier alpha value is -2.30. The van der Waals surface area contributed by atoms with Crippen molar-refractivity contribution in [1.29, 1.82) is 0 Å². The van der Waals surface area contributed by atoms with Crippen molar-refractivity contribution in [3.05, 3.63) is 47.3 Å². The monoisotopic (exact) mass is 286 g/mol. The van der Waals surface area contributed by atoms with Crippen LogP contribution in [-0.4, -0.2) is 27.1 Å². The molecule has 0 bridgehead atoms. The molecule has 0 aliphatic carbocycles. The predicted molar refractivity (Wildman–Crippen MR) is 83.9 cm³/mol. The minimum atomic E-state index is -0.0754. The second-order valence-corrected chi connectivity index (χ2v) is 4.99. The molecule has 0 saturated carbocycles. The highest BCUT2D eigenvalue weighted by molar-refractivity contribution is 5.98. The second-order valence-electron chi connectivity index (χ2n) is 4.99. The van der Waals surface area contributed by atoms with Crippen molar-refractivity contribution >= 4 is 11.6 Å². The molecule has 1 aromatic heterocycles. The molecule has 2 rings (SSSR count). The highest BCUT2D eigenvalue weighted by Gasteiger charge is 2.23. The summed E-state index contributed by atoms with van der Waals surface area (Å²) in [5.74, 6) is -0.0754. The van der Waals surface area contributed by atoms with E-state index in [9.17, 15) is 4.79 Å². The summed E-state index contributed by atoms with van der Waals surface area (Å²) >= 11 is 0. The topological polar surface area (TPSA) is 64.2 Å². The molecule has 21 heavy (non-hydrogen) atoms. The fraction of sp³-hybridized carbons (Fsp3) is 0.375. The van der Waals surface area contributed by atoms with Crippen molar-refractivity contribution < 1.29 is 4.79 Å². The largest absolute Gasteiger partial charge is 0.395 e. The van der Waals surface area contributed by atoms with Gasteiger partial charge in [0, 0.05) is 20.1 Å². The third-order valence-electron chi connectivity index (χ3n) is 3.58. The molecule has 0 aliphatic heterocycles. The number of benzene rings is 1. The normalized spacial score (nSPS) is 10.6. The smallest absolute Gasteiger partial charge is 0.274 e. The van der Waals surface area contributed by atoms with Gasteiger partial charge in [-0.25, -0.2) is 0 Å². The van der Waals surface area contributed by atoms with Gasteiger partial charge in [-0.3, -0.25) is 9.48 Å². The van der Waals surface area contributed by atoms with Crippen LogP contribution in [0.5, 0.6) is 0 Å². The molecule has 0 saturated heterocycles. The summed E-state index contributed by atoms with van der Waals surface area (Å²) < 4.78 is 1.59. The Morgan fingerprint density at radius 1 is 1.29 bits per heavy atom. The molecule has 0 spiro atoms. The van der Waals surface area contributed by atoms with E-state index in [1.165, 1.54) is 0 Å². The summed E-state index contributed by atoms with van der Waals surface area (Å²) in [7, 11) is 1.76. The molecule has 5 heteroatoms. The van der Waals surface area contributed by atoms with Crippen LogP contribution in [-0.2, 0) is 20.0 Å². The molecular formula is C16H22N4O. The van der Waals surface area contributed by atoms with Crippen LogP contribution in [0, 0.1) is 0 Å². The van der Waals surface area contributed by atoms with Gasteiger partial charge in [-0.05, 0) is 18.9 Å². The lowest BCUT2D eigenvalue weighted by atomic mass is 10.2. The van der Waals surface area contributed by atoms with Crippen LogP contribution >= 0.6 is 0 Å². The highest BCUT2D eigenvalue weighted by Crippen LogP contribution is 2.19. The molecule has 0 fully saturated rings. The van der Waals surface area contributed by atoms with E-state index in [0.29, 0.717) is 24.5 Å². The van der Waals surface area contributed by atoms with Gasteiger partial charge in [-0.1, -0.05) is 37.3 Å². The number of anilines is 1. The van der Waals surface area contributed by atoms with Crippen molar-refractivity contribution in [1.82, 2.24) is 14.7 Å². The Morgan fingerprint density at radius 2 is 1.95 bits per heavy atom. The third kappa shape index (κ3) is 3.07. The molecule has 112 valence electrons. The van der Waals surface area contributed by atoms with Gasteiger partial charge in [0.25, 0.3) is 5.91 Å². The maximum Gasteiger partial charge on any atom is 0.274 e. The maximum absolute atomic E-state index is 12.7. The zero-order valence-corrected chi connectivity index (χ0v) is 12.8. The number of nitrogens with two attached hydrogens (primary N) is 1. The Bertz CT molecular complexity index is 619. The SMILES string of the molecule is CCc1nn(C)c(C(=O)N(CC)Cc2ccccc2)c1N. The zero-order valence-electron chi connectivity index (χ0n) is 12.8. The van der Waals surface area contributed by atoms with Crippen molar-refractivity contribution in [3.8, 4) is 0 Å². The number of rotatable bonds is 5. The van der Waals surface area contributed by atoms with Crippen molar-refractivity contribution in [2.75, 3.05) is 12.3 Å². The van der Waals surface area contributed by atoms with Crippen molar-refractivity contribution in [3.63, 3.8) is 0 Å². The summed E-state index contributed by atoms with van der Waals surface area (Å²) in [5, 5.41) is 4.32. The zero-order chi connectivity index (χ0) is 15.4. The third-order valence-corrected chi connectivity index (χ3v) is 3.58. The number of hydrogen-bond donors (Lipinski definition) is 1. The first-order valence-electron chi connectivity index (χ1n) is 7.23. The lowest BCUT2D eigenvalue weighted by Crippen LogP contribution is -2.32. The van der Waals surface area contributed by atoms with Gasteiger partial charge in [0.15, 0.2) is 0 Å². The van der Waals surface area contributed by atoms with Gasteiger partial charge in [0.1, 0.15) is 5.69 Å². The van der Waals surface area contributed by atoms with Crippen LogP contribution in [0.1, 0.15) is 35.6 Å². The number of hydrogen-bond acceptors (Lipinski definition) is 3. The van der Waals surface area contributed by atoms with Crippen LogP contribution < -0.4 is 5.73 Å². The highest BCUT2D eigenvalue weighted by atomic mass is 16.2.